The van der Waals surface area contributed by atoms with Crippen molar-refractivity contribution in [2.45, 2.75) is 40.0 Å². The number of amides is 1. The average Bonchev–Trinajstić information content (AvgIpc) is 2.74. The van der Waals surface area contributed by atoms with E-state index in [2.05, 4.69) is 13.8 Å². The van der Waals surface area contributed by atoms with Gasteiger partial charge in [0.15, 0.2) is 0 Å². The van der Waals surface area contributed by atoms with Crippen molar-refractivity contribution in [3.63, 3.8) is 0 Å². The molecule has 1 amide bonds. The van der Waals surface area contributed by atoms with Gasteiger partial charge in [-0.15, -0.1) is 0 Å². The van der Waals surface area contributed by atoms with E-state index in [-0.39, 0.29) is 11.8 Å². The van der Waals surface area contributed by atoms with Crippen LogP contribution in [0.4, 0.5) is 0 Å². The molecule has 0 bridgehead atoms. The van der Waals surface area contributed by atoms with E-state index < -0.39 is 11.9 Å². The maximum Gasteiger partial charge on any atom is 0.307 e. The quantitative estimate of drug-likeness (QED) is 0.834. The van der Waals surface area contributed by atoms with Gasteiger partial charge in [0.05, 0.1) is 11.8 Å². The van der Waals surface area contributed by atoms with Crippen LogP contribution in [0.3, 0.4) is 0 Å². The van der Waals surface area contributed by atoms with E-state index in [1.165, 1.54) is 0 Å². The minimum Gasteiger partial charge on any atom is -0.481 e. The molecule has 1 aliphatic heterocycles. The number of carboxylic acids is 1. The largest absolute Gasteiger partial charge is 0.481 e. The van der Waals surface area contributed by atoms with Crippen LogP contribution in [0.15, 0.2) is 0 Å². The molecular weight excluding hydrogens is 242 g/mol. The zero-order valence-electron chi connectivity index (χ0n) is 12.1. The molecule has 2 rings (SSSR count). The molecule has 0 spiro atoms. The average molecular weight is 267 g/mol. The highest BCUT2D eigenvalue weighted by molar-refractivity contribution is 5.85. The maximum atomic E-state index is 12.6. The molecule has 4 heteroatoms. The number of hydrogen-bond acceptors (Lipinski definition) is 2. The van der Waals surface area contributed by atoms with Crippen LogP contribution < -0.4 is 0 Å². The van der Waals surface area contributed by atoms with Crippen molar-refractivity contribution in [2.24, 2.45) is 29.6 Å². The third-order valence-corrected chi connectivity index (χ3v) is 5.08. The van der Waals surface area contributed by atoms with Crippen LogP contribution in [0.2, 0.25) is 0 Å². The number of likely N-dealkylation sites (tertiary alicyclic amines) is 1. The summed E-state index contributed by atoms with van der Waals surface area (Å²) >= 11 is 0. The van der Waals surface area contributed by atoms with Crippen LogP contribution in [0.1, 0.15) is 40.0 Å². The fourth-order valence-corrected chi connectivity index (χ4v) is 3.54. The Kier molecular flexibility index (Phi) is 4.16. The second-order valence-electron chi connectivity index (χ2n) is 6.66. The molecule has 3 unspecified atom stereocenters. The number of piperidine rings is 1. The third-order valence-electron chi connectivity index (χ3n) is 5.08. The summed E-state index contributed by atoms with van der Waals surface area (Å²) in [7, 11) is 0. The Hall–Kier alpha value is -1.06. The predicted molar refractivity (Wildman–Crippen MR) is 72.5 cm³/mol. The third kappa shape index (κ3) is 2.93. The summed E-state index contributed by atoms with van der Waals surface area (Å²) in [6.07, 6.45) is 2.41. The maximum absolute atomic E-state index is 12.6. The van der Waals surface area contributed by atoms with Crippen molar-refractivity contribution in [1.29, 1.82) is 0 Å². The van der Waals surface area contributed by atoms with Gasteiger partial charge in [0, 0.05) is 13.1 Å². The first kappa shape index (κ1) is 14.4. The Morgan fingerprint density at radius 1 is 1.05 bits per heavy atom. The van der Waals surface area contributed by atoms with Crippen molar-refractivity contribution in [3.05, 3.63) is 0 Å². The number of nitrogens with zero attached hydrogens (tertiary/aromatic N) is 1. The Bertz CT molecular complexity index is 368. The Morgan fingerprint density at radius 2 is 1.68 bits per heavy atom. The normalized spacial score (nSPS) is 39.3. The van der Waals surface area contributed by atoms with E-state index in [4.69, 9.17) is 0 Å². The summed E-state index contributed by atoms with van der Waals surface area (Å²) in [6.45, 7) is 8.03. The Labute approximate surface area is 115 Å². The molecule has 0 aromatic carbocycles. The lowest BCUT2D eigenvalue weighted by molar-refractivity contribution is -0.150. The summed E-state index contributed by atoms with van der Waals surface area (Å²) in [4.78, 5) is 25.8. The predicted octanol–water partition coefficient (Wildman–Crippen LogP) is 2.24. The number of hydrogen-bond donors (Lipinski definition) is 1. The Balaban J connectivity index is 2.04. The van der Waals surface area contributed by atoms with E-state index >= 15 is 0 Å². The zero-order chi connectivity index (χ0) is 14.2. The number of carbonyl (C=O) groups excluding carboxylic acids is 1. The van der Waals surface area contributed by atoms with Crippen LogP contribution in [0, 0.1) is 29.6 Å². The summed E-state index contributed by atoms with van der Waals surface area (Å²) in [5, 5.41) is 9.27. The van der Waals surface area contributed by atoms with E-state index in [1.807, 2.05) is 11.8 Å². The van der Waals surface area contributed by atoms with E-state index in [9.17, 15) is 14.7 Å². The van der Waals surface area contributed by atoms with Crippen LogP contribution in [0.5, 0.6) is 0 Å². The number of carbonyl (C=O) groups is 2. The van der Waals surface area contributed by atoms with Crippen molar-refractivity contribution in [2.75, 3.05) is 13.1 Å². The van der Waals surface area contributed by atoms with Crippen LogP contribution in [-0.4, -0.2) is 35.0 Å². The first-order valence-electron chi connectivity index (χ1n) is 7.41. The molecule has 108 valence electrons. The van der Waals surface area contributed by atoms with Gasteiger partial charge in [0.2, 0.25) is 5.91 Å². The number of carboxylic acid groups (broad SMARTS) is 1. The second kappa shape index (κ2) is 5.51. The lowest BCUT2D eigenvalue weighted by Gasteiger charge is -2.37. The van der Waals surface area contributed by atoms with Gasteiger partial charge in [-0.25, -0.2) is 0 Å². The van der Waals surface area contributed by atoms with Crippen molar-refractivity contribution in [3.8, 4) is 0 Å². The minimum atomic E-state index is -0.805. The molecule has 1 N–H and O–H groups in total. The van der Waals surface area contributed by atoms with Gasteiger partial charge in [-0.3, -0.25) is 9.59 Å². The molecule has 2 fully saturated rings. The monoisotopic (exact) mass is 267 g/mol. The molecule has 0 aromatic rings. The molecule has 0 aromatic heterocycles. The molecule has 1 saturated heterocycles. The van der Waals surface area contributed by atoms with Gasteiger partial charge in [-0.1, -0.05) is 20.8 Å². The fraction of sp³-hybridized carbons (Fsp3) is 0.867. The summed E-state index contributed by atoms with van der Waals surface area (Å²) < 4.78 is 0. The van der Waals surface area contributed by atoms with Gasteiger partial charge in [0.25, 0.3) is 0 Å². The van der Waals surface area contributed by atoms with E-state index in [0.717, 1.165) is 25.9 Å². The highest BCUT2D eigenvalue weighted by Gasteiger charge is 2.43. The lowest BCUT2D eigenvalue weighted by Crippen LogP contribution is -2.46. The van der Waals surface area contributed by atoms with Gasteiger partial charge in [-0.05, 0) is 37.0 Å². The molecular formula is C15H25NO3. The molecule has 1 aliphatic carbocycles. The van der Waals surface area contributed by atoms with Crippen molar-refractivity contribution < 1.29 is 14.7 Å². The Morgan fingerprint density at radius 3 is 2.26 bits per heavy atom. The SMILES string of the molecule is CC1C[C@H](C(=O)N2CCC(C)C(C)C2)[C@H](C(=O)O)C1. The highest BCUT2D eigenvalue weighted by Crippen LogP contribution is 2.38. The van der Waals surface area contributed by atoms with Crippen LogP contribution >= 0.6 is 0 Å². The minimum absolute atomic E-state index is 0.0792. The van der Waals surface area contributed by atoms with Gasteiger partial charge >= 0.3 is 5.97 Å². The molecule has 4 nitrogen and oxygen atoms in total. The van der Waals surface area contributed by atoms with Crippen LogP contribution in [-0.2, 0) is 9.59 Å². The van der Waals surface area contributed by atoms with Gasteiger partial charge < -0.3 is 10.0 Å². The fourth-order valence-electron chi connectivity index (χ4n) is 3.54. The molecule has 0 radical (unpaired) electrons. The van der Waals surface area contributed by atoms with E-state index in [0.29, 0.717) is 24.2 Å². The van der Waals surface area contributed by atoms with Gasteiger partial charge in [0.1, 0.15) is 0 Å². The van der Waals surface area contributed by atoms with Crippen molar-refractivity contribution >= 4 is 11.9 Å². The van der Waals surface area contributed by atoms with Gasteiger partial charge in [-0.2, -0.15) is 0 Å². The highest BCUT2D eigenvalue weighted by atomic mass is 16.4. The lowest BCUT2D eigenvalue weighted by atomic mass is 9.87. The topological polar surface area (TPSA) is 57.6 Å². The van der Waals surface area contributed by atoms with E-state index in [1.54, 1.807) is 0 Å². The first-order valence-corrected chi connectivity index (χ1v) is 7.41. The number of aliphatic carboxylic acids is 1. The molecule has 19 heavy (non-hydrogen) atoms. The zero-order valence-corrected chi connectivity index (χ0v) is 12.1. The molecule has 1 heterocycles. The summed E-state index contributed by atoms with van der Waals surface area (Å²) in [5.74, 6) is 0.0136. The molecule has 1 saturated carbocycles. The van der Waals surface area contributed by atoms with Crippen molar-refractivity contribution in [1.82, 2.24) is 4.90 Å². The smallest absolute Gasteiger partial charge is 0.307 e. The number of rotatable bonds is 2. The van der Waals surface area contributed by atoms with Crippen LogP contribution in [0.25, 0.3) is 0 Å². The second-order valence-corrected chi connectivity index (χ2v) is 6.66. The first-order chi connectivity index (χ1) is 8.90. The molecule has 2 aliphatic rings. The molecule has 5 atom stereocenters. The summed E-state index contributed by atoms with van der Waals surface area (Å²) in [6, 6.07) is 0. The summed E-state index contributed by atoms with van der Waals surface area (Å²) in [5.41, 5.74) is 0. The standard InChI is InChI=1S/C15H25NO3/c1-9-6-12(13(7-9)15(18)19)14(17)16-5-4-10(2)11(3)8-16/h9-13H,4-8H2,1-3H3,(H,18,19)/t9?,10?,11?,12-,13+/m0/s1.